The van der Waals surface area contributed by atoms with Crippen molar-refractivity contribution < 1.29 is 9.18 Å². The Morgan fingerprint density at radius 1 is 2.00 bits per heavy atom. The average molecular weight is 86.1 g/mol. The van der Waals surface area contributed by atoms with Crippen LogP contribution in [0.25, 0.3) is 0 Å². The summed E-state index contributed by atoms with van der Waals surface area (Å²) in [5, 5.41) is 0. The SMILES string of the molecule is C=CC(=O)[C]F. The standard InChI is InChI=1S/C4H3FO/c1-2-4(6)3-5/h2H,1H2. The average Bonchev–Trinajstić information content (AvgIpc) is 1.65. The zero-order chi connectivity index (χ0) is 4.99. The number of ketones is 1. The summed E-state index contributed by atoms with van der Waals surface area (Å²) in [5.41, 5.74) is 0. The van der Waals surface area contributed by atoms with Crippen LogP contribution >= 0.6 is 0 Å². The molecule has 6 heavy (non-hydrogen) atoms. The van der Waals surface area contributed by atoms with Crippen molar-refractivity contribution in [2.24, 2.45) is 0 Å². The third-order valence-electron chi connectivity index (χ3n) is 0.279. The molecule has 0 saturated heterocycles. The number of rotatable bonds is 2. The van der Waals surface area contributed by atoms with Gasteiger partial charge in [0.15, 0.2) is 5.78 Å². The Labute approximate surface area is 35.5 Å². The van der Waals surface area contributed by atoms with E-state index in [-0.39, 0.29) is 0 Å². The van der Waals surface area contributed by atoms with Gasteiger partial charge in [-0.3, -0.25) is 4.79 Å². The van der Waals surface area contributed by atoms with Gasteiger partial charge in [-0.05, 0) is 6.08 Å². The molecule has 0 aliphatic carbocycles. The van der Waals surface area contributed by atoms with Crippen molar-refractivity contribution in [3.63, 3.8) is 0 Å². The topological polar surface area (TPSA) is 17.1 Å². The van der Waals surface area contributed by atoms with Gasteiger partial charge in [-0.15, -0.1) is 0 Å². The molecule has 2 radical (unpaired) electrons. The Morgan fingerprint density at radius 3 is 2.50 bits per heavy atom. The van der Waals surface area contributed by atoms with E-state index in [1.165, 1.54) is 0 Å². The lowest BCUT2D eigenvalue weighted by Crippen LogP contribution is -1.83. The Bertz CT molecular complexity index is 67.9. The molecule has 0 aromatic heterocycles. The molecular formula is C4H3FO. The highest BCUT2D eigenvalue weighted by Crippen LogP contribution is 1.78. The van der Waals surface area contributed by atoms with E-state index in [0.717, 1.165) is 12.8 Å². The van der Waals surface area contributed by atoms with Gasteiger partial charge in [0.05, 0.1) is 0 Å². The van der Waals surface area contributed by atoms with Crippen LogP contribution in [-0.2, 0) is 4.79 Å². The van der Waals surface area contributed by atoms with Gasteiger partial charge in [0.1, 0.15) is 0 Å². The second-order valence-corrected chi connectivity index (χ2v) is 0.663. The van der Waals surface area contributed by atoms with E-state index < -0.39 is 5.78 Å². The maximum absolute atomic E-state index is 10.7. The molecular weight excluding hydrogens is 83.0 g/mol. The summed E-state index contributed by atoms with van der Waals surface area (Å²) >= 11 is 0. The van der Waals surface area contributed by atoms with Crippen molar-refractivity contribution in [2.75, 3.05) is 0 Å². The lowest BCUT2D eigenvalue weighted by molar-refractivity contribution is -0.113. The van der Waals surface area contributed by atoms with Crippen LogP contribution in [0.3, 0.4) is 0 Å². The molecule has 0 N–H and O–H groups in total. The normalized spacial score (nSPS) is 7.50. The van der Waals surface area contributed by atoms with Crippen LogP contribution in [0, 0.1) is 6.67 Å². The van der Waals surface area contributed by atoms with Crippen LogP contribution in [0.1, 0.15) is 0 Å². The van der Waals surface area contributed by atoms with Gasteiger partial charge >= 0.3 is 0 Å². The molecule has 0 rings (SSSR count). The first-order valence-corrected chi connectivity index (χ1v) is 1.34. The Morgan fingerprint density at radius 2 is 2.50 bits per heavy atom. The van der Waals surface area contributed by atoms with Gasteiger partial charge in [-0.1, -0.05) is 6.58 Å². The summed E-state index contributed by atoms with van der Waals surface area (Å²) in [6, 6.07) is 0. The molecule has 0 spiro atoms. The summed E-state index contributed by atoms with van der Waals surface area (Å²) < 4.78 is 10.7. The van der Waals surface area contributed by atoms with Gasteiger partial charge in [-0.2, -0.15) is 0 Å². The van der Waals surface area contributed by atoms with Gasteiger partial charge in [0.2, 0.25) is 0 Å². The van der Waals surface area contributed by atoms with Gasteiger partial charge in [0.25, 0.3) is 6.67 Å². The fourth-order valence-electron chi connectivity index (χ4n) is 0.0386. The molecule has 0 aliphatic rings. The van der Waals surface area contributed by atoms with E-state index in [1.54, 1.807) is 0 Å². The summed E-state index contributed by atoms with van der Waals surface area (Å²) in [5.74, 6) is -0.810. The number of halogens is 1. The Balaban J connectivity index is 3.23. The second kappa shape index (κ2) is 2.57. The van der Waals surface area contributed by atoms with Crippen LogP contribution in [0.5, 0.6) is 0 Å². The van der Waals surface area contributed by atoms with Gasteiger partial charge in [0, 0.05) is 0 Å². The molecule has 0 aromatic rings. The van der Waals surface area contributed by atoms with E-state index in [1.807, 2.05) is 0 Å². The van der Waals surface area contributed by atoms with E-state index in [2.05, 4.69) is 6.58 Å². The molecule has 32 valence electrons. The van der Waals surface area contributed by atoms with Crippen molar-refractivity contribution in [1.82, 2.24) is 0 Å². The van der Waals surface area contributed by atoms with E-state index >= 15 is 0 Å². The van der Waals surface area contributed by atoms with Crippen molar-refractivity contribution in [3.8, 4) is 0 Å². The van der Waals surface area contributed by atoms with Crippen LogP contribution < -0.4 is 0 Å². The Hall–Kier alpha value is -0.660. The summed E-state index contributed by atoms with van der Waals surface area (Å²) in [4.78, 5) is 9.58. The zero-order valence-corrected chi connectivity index (χ0v) is 3.07. The largest absolute Gasteiger partial charge is 0.291 e. The number of hydrogen-bond donors (Lipinski definition) is 0. The lowest BCUT2D eigenvalue weighted by Gasteiger charge is -1.69. The molecule has 0 heterocycles. The van der Waals surface area contributed by atoms with Crippen molar-refractivity contribution >= 4 is 5.78 Å². The number of carbonyl (C=O) groups excluding carboxylic acids is 1. The highest BCUT2D eigenvalue weighted by molar-refractivity contribution is 5.94. The van der Waals surface area contributed by atoms with E-state index in [0.29, 0.717) is 0 Å². The first-order valence-electron chi connectivity index (χ1n) is 1.34. The van der Waals surface area contributed by atoms with Crippen LogP contribution in [-0.4, -0.2) is 5.78 Å². The molecule has 0 fully saturated rings. The number of allylic oxidation sites excluding steroid dienone is 1. The van der Waals surface area contributed by atoms with E-state index in [4.69, 9.17) is 0 Å². The van der Waals surface area contributed by atoms with Crippen LogP contribution in [0.2, 0.25) is 0 Å². The molecule has 0 unspecified atom stereocenters. The molecule has 0 atom stereocenters. The quantitative estimate of drug-likeness (QED) is 0.453. The highest BCUT2D eigenvalue weighted by Gasteiger charge is 1.89. The smallest absolute Gasteiger partial charge is 0.262 e. The minimum atomic E-state index is -0.810. The number of carbonyl (C=O) groups is 1. The summed E-state index contributed by atoms with van der Waals surface area (Å²) in [6.45, 7) is 3.84. The predicted octanol–water partition coefficient (Wildman–Crippen LogP) is 0.750. The van der Waals surface area contributed by atoms with Crippen LogP contribution in [0.4, 0.5) is 4.39 Å². The predicted molar refractivity (Wildman–Crippen MR) is 19.6 cm³/mol. The molecule has 0 saturated carbocycles. The summed E-state index contributed by atoms with van der Waals surface area (Å²) in [7, 11) is 0. The van der Waals surface area contributed by atoms with E-state index in [9.17, 15) is 9.18 Å². The molecule has 0 aromatic carbocycles. The Kier molecular flexibility index (Phi) is 2.29. The number of hydrogen-bond acceptors (Lipinski definition) is 1. The minimum Gasteiger partial charge on any atom is -0.291 e. The fraction of sp³-hybridized carbons (Fsp3) is 0. The van der Waals surface area contributed by atoms with Crippen molar-refractivity contribution in [1.29, 1.82) is 0 Å². The first kappa shape index (κ1) is 5.34. The summed E-state index contributed by atoms with van der Waals surface area (Å²) in [6.07, 6.45) is 0.847. The monoisotopic (exact) mass is 86.0 g/mol. The van der Waals surface area contributed by atoms with Crippen molar-refractivity contribution in [3.05, 3.63) is 19.3 Å². The highest BCUT2D eigenvalue weighted by atomic mass is 19.1. The minimum absolute atomic E-state index is 0.810. The first-order chi connectivity index (χ1) is 2.81. The third kappa shape index (κ3) is 1.64. The molecule has 1 nitrogen and oxygen atoms in total. The lowest BCUT2D eigenvalue weighted by atomic mass is 10.4. The molecule has 2 heteroatoms. The van der Waals surface area contributed by atoms with Crippen molar-refractivity contribution in [2.45, 2.75) is 0 Å². The fourth-order valence-corrected chi connectivity index (χ4v) is 0.0386. The molecule has 0 aliphatic heterocycles. The maximum atomic E-state index is 10.7. The molecule has 0 bridgehead atoms. The molecule has 0 amide bonds. The third-order valence-corrected chi connectivity index (χ3v) is 0.279. The van der Waals surface area contributed by atoms with Gasteiger partial charge < -0.3 is 0 Å². The second-order valence-electron chi connectivity index (χ2n) is 0.663. The zero-order valence-electron chi connectivity index (χ0n) is 3.07. The maximum Gasteiger partial charge on any atom is 0.262 e. The van der Waals surface area contributed by atoms with Crippen LogP contribution in [0.15, 0.2) is 12.7 Å². The van der Waals surface area contributed by atoms with Gasteiger partial charge in [-0.25, -0.2) is 4.39 Å².